The minimum atomic E-state index is -0.500. The lowest BCUT2D eigenvalue weighted by molar-refractivity contribution is 0.132. The standard InChI is InChI=1S/C20H27N3O5/c1-4-8-21-19(24)27-12-14-11-23-18-7-6-15(26-3)10-16(18)17(14)13-28-20(25)22-9-5-2/h6-7,10-11H,4-5,8-9,12-13H2,1-3H3,(H,21,24)(H,22,25). The maximum absolute atomic E-state index is 11.9. The molecule has 28 heavy (non-hydrogen) atoms. The summed E-state index contributed by atoms with van der Waals surface area (Å²) >= 11 is 0. The molecular formula is C20H27N3O5. The fourth-order valence-corrected chi connectivity index (χ4v) is 2.53. The second-order valence-corrected chi connectivity index (χ2v) is 6.15. The lowest BCUT2D eigenvalue weighted by atomic mass is 10.0. The summed E-state index contributed by atoms with van der Waals surface area (Å²) in [5.41, 5.74) is 2.11. The van der Waals surface area contributed by atoms with Crippen molar-refractivity contribution in [2.75, 3.05) is 20.2 Å². The Morgan fingerprint density at radius 2 is 1.64 bits per heavy atom. The normalized spacial score (nSPS) is 10.4. The average Bonchev–Trinajstić information content (AvgIpc) is 2.72. The van der Waals surface area contributed by atoms with Crippen LogP contribution in [0.2, 0.25) is 0 Å². The van der Waals surface area contributed by atoms with E-state index in [0.717, 1.165) is 29.3 Å². The van der Waals surface area contributed by atoms with Gasteiger partial charge in [-0.2, -0.15) is 0 Å². The zero-order chi connectivity index (χ0) is 20.4. The minimum Gasteiger partial charge on any atom is -0.497 e. The highest BCUT2D eigenvalue weighted by atomic mass is 16.6. The Hall–Kier alpha value is -3.03. The van der Waals surface area contributed by atoms with Crippen LogP contribution in [0.1, 0.15) is 37.8 Å². The Labute approximate surface area is 164 Å². The van der Waals surface area contributed by atoms with Crippen molar-refractivity contribution in [2.45, 2.75) is 39.9 Å². The molecule has 0 atom stereocenters. The second kappa shape index (κ2) is 11.0. The number of fused-ring (bicyclic) bond motifs is 1. The third kappa shape index (κ3) is 6.00. The van der Waals surface area contributed by atoms with Gasteiger partial charge in [0.05, 0.1) is 12.6 Å². The van der Waals surface area contributed by atoms with Crippen molar-refractivity contribution in [1.29, 1.82) is 0 Å². The smallest absolute Gasteiger partial charge is 0.407 e. The number of aromatic nitrogens is 1. The molecule has 0 aliphatic heterocycles. The van der Waals surface area contributed by atoms with E-state index >= 15 is 0 Å². The Kier molecular flexibility index (Phi) is 8.33. The van der Waals surface area contributed by atoms with Gasteiger partial charge in [0, 0.05) is 35.8 Å². The molecule has 2 aromatic rings. The van der Waals surface area contributed by atoms with Gasteiger partial charge in [0.2, 0.25) is 0 Å². The maximum atomic E-state index is 11.9. The minimum absolute atomic E-state index is 0.0188. The van der Waals surface area contributed by atoms with Crippen molar-refractivity contribution < 1.29 is 23.8 Å². The zero-order valence-corrected chi connectivity index (χ0v) is 16.5. The highest BCUT2D eigenvalue weighted by Crippen LogP contribution is 2.26. The van der Waals surface area contributed by atoms with E-state index in [1.165, 1.54) is 0 Å². The summed E-state index contributed by atoms with van der Waals surface area (Å²) in [6.45, 7) is 5.04. The predicted molar refractivity (Wildman–Crippen MR) is 105 cm³/mol. The van der Waals surface area contributed by atoms with Crippen LogP contribution in [0.3, 0.4) is 0 Å². The molecule has 1 aromatic carbocycles. The first-order chi connectivity index (χ1) is 13.6. The number of carbonyl (C=O) groups excluding carboxylic acids is 2. The molecule has 0 fully saturated rings. The van der Waals surface area contributed by atoms with E-state index in [-0.39, 0.29) is 13.2 Å². The van der Waals surface area contributed by atoms with Crippen LogP contribution in [-0.4, -0.2) is 37.4 Å². The molecule has 0 unspecified atom stereocenters. The molecule has 8 heteroatoms. The molecule has 2 amide bonds. The summed E-state index contributed by atoms with van der Waals surface area (Å²) in [6.07, 6.45) is 2.27. The Morgan fingerprint density at radius 1 is 1.00 bits per heavy atom. The van der Waals surface area contributed by atoms with E-state index in [2.05, 4.69) is 15.6 Å². The monoisotopic (exact) mass is 389 g/mol. The van der Waals surface area contributed by atoms with Crippen molar-refractivity contribution >= 4 is 23.1 Å². The lowest BCUT2D eigenvalue weighted by Gasteiger charge is -2.14. The topological polar surface area (TPSA) is 98.8 Å². The van der Waals surface area contributed by atoms with E-state index in [1.54, 1.807) is 13.3 Å². The number of methoxy groups -OCH3 is 1. The van der Waals surface area contributed by atoms with Gasteiger partial charge in [-0.25, -0.2) is 9.59 Å². The first kappa shape index (κ1) is 21.3. The van der Waals surface area contributed by atoms with Crippen molar-refractivity contribution in [1.82, 2.24) is 15.6 Å². The molecule has 0 bridgehead atoms. The molecule has 0 radical (unpaired) electrons. The fraction of sp³-hybridized carbons (Fsp3) is 0.450. The molecule has 1 aromatic heterocycles. The molecule has 152 valence electrons. The predicted octanol–water partition coefficient (Wildman–Crippen LogP) is 3.52. The molecule has 0 saturated carbocycles. The summed E-state index contributed by atoms with van der Waals surface area (Å²) in [6, 6.07) is 5.46. The van der Waals surface area contributed by atoms with Gasteiger partial charge in [-0.05, 0) is 31.0 Å². The van der Waals surface area contributed by atoms with Gasteiger partial charge in [-0.3, -0.25) is 4.98 Å². The van der Waals surface area contributed by atoms with Crippen LogP contribution in [-0.2, 0) is 22.7 Å². The van der Waals surface area contributed by atoms with Crippen LogP contribution in [0.4, 0.5) is 9.59 Å². The van der Waals surface area contributed by atoms with Crippen molar-refractivity contribution in [3.63, 3.8) is 0 Å². The van der Waals surface area contributed by atoms with Crippen LogP contribution >= 0.6 is 0 Å². The Morgan fingerprint density at radius 3 is 2.25 bits per heavy atom. The third-order valence-electron chi connectivity index (χ3n) is 4.02. The number of nitrogens with one attached hydrogen (secondary N) is 2. The van der Waals surface area contributed by atoms with Crippen LogP contribution < -0.4 is 15.4 Å². The number of pyridine rings is 1. The first-order valence-corrected chi connectivity index (χ1v) is 9.34. The highest BCUT2D eigenvalue weighted by Gasteiger charge is 2.14. The molecule has 8 nitrogen and oxygen atoms in total. The summed E-state index contributed by atoms with van der Waals surface area (Å²) < 4.78 is 15.9. The summed E-state index contributed by atoms with van der Waals surface area (Å²) in [5, 5.41) is 6.10. The van der Waals surface area contributed by atoms with E-state index in [1.807, 2.05) is 32.0 Å². The molecular weight excluding hydrogens is 362 g/mol. The van der Waals surface area contributed by atoms with Gasteiger partial charge in [-0.15, -0.1) is 0 Å². The highest BCUT2D eigenvalue weighted by molar-refractivity contribution is 5.84. The fourth-order valence-electron chi connectivity index (χ4n) is 2.53. The second-order valence-electron chi connectivity index (χ2n) is 6.15. The van der Waals surface area contributed by atoms with Crippen molar-refractivity contribution in [3.8, 4) is 5.75 Å². The number of benzene rings is 1. The quantitative estimate of drug-likeness (QED) is 0.681. The van der Waals surface area contributed by atoms with Gasteiger partial charge >= 0.3 is 12.2 Å². The van der Waals surface area contributed by atoms with Crippen LogP contribution in [0, 0.1) is 0 Å². The largest absolute Gasteiger partial charge is 0.497 e. The van der Waals surface area contributed by atoms with E-state index < -0.39 is 12.2 Å². The molecule has 0 aliphatic rings. The first-order valence-electron chi connectivity index (χ1n) is 9.34. The van der Waals surface area contributed by atoms with Gasteiger partial charge in [0.1, 0.15) is 19.0 Å². The zero-order valence-electron chi connectivity index (χ0n) is 16.5. The van der Waals surface area contributed by atoms with Gasteiger partial charge < -0.3 is 24.8 Å². The number of carbonyl (C=O) groups is 2. The van der Waals surface area contributed by atoms with Crippen molar-refractivity contribution in [2.24, 2.45) is 0 Å². The number of hydrogen-bond acceptors (Lipinski definition) is 6. The molecule has 2 N–H and O–H groups in total. The van der Waals surface area contributed by atoms with Crippen molar-refractivity contribution in [3.05, 3.63) is 35.5 Å². The number of ether oxygens (including phenoxy) is 3. The summed E-state index contributed by atoms with van der Waals surface area (Å²) in [7, 11) is 1.58. The number of nitrogens with zero attached hydrogens (tertiary/aromatic N) is 1. The maximum Gasteiger partial charge on any atom is 0.407 e. The lowest BCUT2D eigenvalue weighted by Crippen LogP contribution is -2.26. The van der Waals surface area contributed by atoms with Gasteiger partial charge in [0.15, 0.2) is 0 Å². The van der Waals surface area contributed by atoms with Gasteiger partial charge in [-0.1, -0.05) is 13.8 Å². The number of rotatable bonds is 9. The third-order valence-corrected chi connectivity index (χ3v) is 4.02. The number of alkyl carbamates (subject to hydrolysis) is 2. The average molecular weight is 389 g/mol. The molecule has 0 saturated heterocycles. The molecule has 0 spiro atoms. The SMILES string of the molecule is CCCNC(=O)OCc1cnc2ccc(OC)cc2c1COC(=O)NCCC. The van der Waals surface area contributed by atoms with Crippen LogP contribution in [0.15, 0.2) is 24.4 Å². The molecule has 0 aliphatic carbocycles. The van der Waals surface area contributed by atoms with Crippen LogP contribution in [0.5, 0.6) is 5.75 Å². The van der Waals surface area contributed by atoms with Gasteiger partial charge in [0.25, 0.3) is 0 Å². The van der Waals surface area contributed by atoms with Crippen LogP contribution in [0.25, 0.3) is 10.9 Å². The number of amides is 2. The van der Waals surface area contributed by atoms with E-state index in [4.69, 9.17) is 14.2 Å². The van der Waals surface area contributed by atoms with E-state index in [0.29, 0.717) is 24.4 Å². The summed E-state index contributed by atoms with van der Waals surface area (Å²) in [5.74, 6) is 0.657. The number of hydrogen-bond donors (Lipinski definition) is 2. The van der Waals surface area contributed by atoms with E-state index in [9.17, 15) is 9.59 Å². The summed E-state index contributed by atoms with van der Waals surface area (Å²) in [4.78, 5) is 28.0. The molecule has 2 rings (SSSR count). The molecule has 1 heterocycles. The Bertz CT molecular complexity index is 810. The Balaban J connectivity index is 2.25.